The lowest BCUT2D eigenvalue weighted by molar-refractivity contribution is 0.476. The smallest absolute Gasteiger partial charge is 0.116 e. The Kier molecular flexibility index (Phi) is 3.86. The molecule has 134 valence electrons. The van der Waals surface area contributed by atoms with Crippen molar-refractivity contribution in [3.63, 3.8) is 0 Å². The third-order valence-corrected chi connectivity index (χ3v) is 5.63. The van der Waals surface area contributed by atoms with E-state index in [2.05, 4.69) is 52.6 Å². The van der Waals surface area contributed by atoms with Crippen molar-refractivity contribution in [2.24, 2.45) is 0 Å². The van der Waals surface area contributed by atoms with Crippen molar-refractivity contribution in [1.29, 1.82) is 0 Å². The highest BCUT2D eigenvalue weighted by atomic mass is 16.3. The lowest BCUT2D eigenvalue weighted by atomic mass is 9.82. The van der Waals surface area contributed by atoms with Crippen molar-refractivity contribution in [3.8, 4) is 5.75 Å². The number of phenols is 1. The minimum Gasteiger partial charge on any atom is -0.508 e. The van der Waals surface area contributed by atoms with Gasteiger partial charge < -0.3 is 5.11 Å². The molecule has 0 aliphatic heterocycles. The van der Waals surface area contributed by atoms with Crippen LogP contribution in [0.4, 0.5) is 5.69 Å². The fourth-order valence-electron chi connectivity index (χ4n) is 4.32. The van der Waals surface area contributed by atoms with E-state index in [1.54, 1.807) is 6.07 Å². The molecule has 0 radical (unpaired) electrons. The first-order chi connectivity index (χ1) is 13.3. The molecule has 1 atom stereocenters. The molecular weight excluding hydrogens is 332 g/mol. The molecule has 1 aliphatic carbocycles. The Labute approximate surface area is 158 Å². The number of para-hydroxylation sites is 1. The van der Waals surface area contributed by atoms with E-state index in [4.69, 9.17) is 0 Å². The maximum atomic E-state index is 10.0. The molecule has 0 fully saturated rings. The van der Waals surface area contributed by atoms with Crippen LogP contribution in [0.5, 0.6) is 5.75 Å². The van der Waals surface area contributed by atoms with Crippen molar-refractivity contribution < 1.29 is 5.11 Å². The van der Waals surface area contributed by atoms with Gasteiger partial charge in [-0.15, -0.1) is 0 Å². The molecule has 0 saturated heterocycles. The van der Waals surface area contributed by atoms with E-state index in [9.17, 15) is 5.11 Å². The fourth-order valence-corrected chi connectivity index (χ4v) is 4.32. The molecule has 0 bridgehead atoms. The van der Waals surface area contributed by atoms with E-state index in [0.29, 0.717) is 11.7 Å². The molecule has 3 aromatic carbocycles. The minimum atomic E-state index is 0.326. The SMILES string of the molecule is Oc1ccc2c(c1)c1c(n2Nc2ccccc2)CC(c2ccccc2)CC1. The van der Waals surface area contributed by atoms with Crippen LogP contribution in [0.25, 0.3) is 10.9 Å². The van der Waals surface area contributed by atoms with Gasteiger partial charge in [0.05, 0.1) is 11.2 Å². The second-order valence-electron chi connectivity index (χ2n) is 7.29. The van der Waals surface area contributed by atoms with E-state index in [0.717, 1.165) is 35.9 Å². The van der Waals surface area contributed by atoms with Crippen LogP contribution in [0.3, 0.4) is 0 Å². The third kappa shape index (κ3) is 2.85. The summed E-state index contributed by atoms with van der Waals surface area (Å²) in [6.45, 7) is 0. The molecule has 0 spiro atoms. The summed E-state index contributed by atoms with van der Waals surface area (Å²) in [6, 6.07) is 26.7. The van der Waals surface area contributed by atoms with Gasteiger partial charge in [0.15, 0.2) is 0 Å². The lowest BCUT2D eigenvalue weighted by Crippen LogP contribution is -2.19. The van der Waals surface area contributed by atoms with Crippen LogP contribution in [-0.4, -0.2) is 9.78 Å². The van der Waals surface area contributed by atoms with Crippen LogP contribution in [0.1, 0.15) is 29.2 Å². The second-order valence-corrected chi connectivity index (χ2v) is 7.29. The number of aryl methyl sites for hydroxylation is 1. The first kappa shape index (κ1) is 16.0. The average molecular weight is 354 g/mol. The number of aromatic nitrogens is 1. The fraction of sp³-hybridized carbons (Fsp3) is 0.167. The van der Waals surface area contributed by atoms with Gasteiger partial charge in [-0.05, 0) is 66.6 Å². The maximum Gasteiger partial charge on any atom is 0.116 e. The molecule has 2 N–H and O–H groups in total. The van der Waals surface area contributed by atoms with Crippen molar-refractivity contribution in [2.75, 3.05) is 5.43 Å². The Morgan fingerprint density at radius 2 is 1.63 bits per heavy atom. The lowest BCUT2D eigenvalue weighted by Gasteiger charge is -2.25. The van der Waals surface area contributed by atoms with Gasteiger partial charge in [-0.2, -0.15) is 0 Å². The van der Waals surface area contributed by atoms with Crippen LogP contribution in [0, 0.1) is 0 Å². The number of phenolic OH excluding ortho intramolecular Hbond substituents is 1. The standard InChI is InChI=1S/C24H22N2O/c27-20-12-14-23-22(16-20)21-13-11-18(17-7-3-1-4-8-17)15-24(21)26(23)25-19-9-5-2-6-10-19/h1-10,12,14,16,18,25,27H,11,13,15H2. The molecule has 4 aromatic rings. The van der Waals surface area contributed by atoms with Gasteiger partial charge in [0.2, 0.25) is 0 Å². The monoisotopic (exact) mass is 354 g/mol. The topological polar surface area (TPSA) is 37.2 Å². The number of anilines is 1. The van der Waals surface area contributed by atoms with Gasteiger partial charge in [0.1, 0.15) is 5.75 Å². The van der Waals surface area contributed by atoms with Crippen molar-refractivity contribution in [1.82, 2.24) is 4.68 Å². The number of benzene rings is 3. The summed E-state index contributed by atoms with van der Waals surface area (Å²) in [5.41, 5.74) is 9.85. The number of fused-ring (bicyclic) bond motifs is 3. The molecule has 3 heteroatoms. The minimum absolute atomic E-state index is 0.326. The zero-order chi connectivity index (χ0) is 18.2. The summed E-state index contributed by atoms with van der Waals surface area (Å²) in [5.74, 6) is 0.847. The van der Waals surface area contributed by atoms with E-state index in [-0.39, 0.29) is 0 Å². The Morgan fingerprint density at radius 1 is 0.889 bits per heavy atom. The first-order valence-corrected chi connectivity index (χ1v) is 9.52. The summed E-state index contributed by atoms with van der Waals surface area (Å²) in [4.78, 5) is 0. The van der Waals surface area contributed by atoms with Crippen molar-refractivity contribution >= 4 is 16.6 Å². The van der Waals surface area contributed by atoms with Crippen LogP contribution in [-0.2, 0) is 12.8 Å². The summed E-state index contributed by atoms with van der Waals surface area (Å²) in [6.07, 6.45) is 3.16. The predicted molar refractivity (Wildman–Crippen MR) is 110 cm³/mol. The molecule has 1 unspecified atom stereocenters. The van der Waals surface area contributed by atoms with Gasteiger partial charge in [-0.25, -0.2) is 0 Å². The number of aromatic hydroxyl groups is 1. The van der Waals surface area contributed by atoms with E-state index < -0.39 is 0 Å². The maximum absolute atomic E-state index is 10.0. The molecule has 1 heterocycles. The highest BCUT2D eigenvalue weighted by Gasteiger charge is 2.26. The van der Waals surface area contributed by atoms with Gasteiger partial charge in [-0.3, -0.25) is 10.1 Å². The number of nitrogens with one attached hydrogen (secondary N) is 1. The van der Waals surface area contributed by atoms with Crippen molar-refractivity contribution in [3.05, 3.63) is 95.7 Å². The summed E-state index contributed by atoms with van der Waals surface area (Å²) >= 11 is 0. The van der Waals surface area contributed by atoms with Crippen LogP contribution < -0.4 is 5.43 Å². The zero-order valence-corrected chi connectivity index (χ0v) is 15.1. The molecular formula is C24H22N2O. The third-order valence-electron chi connectivity index (χ3n) is 5.63. The second kappa shape index (κ2) is 6.51. The Hall–Kier alpha value is -3.20. The van der Waals surface area contributed by atoms with Crippen LogP contribution in [0.2, 0.25) is 0 Å². The summed E-state index contributed by atoms with van der Waals surface area (Å²) in [7, 11) is 0. The molecule has 1 aromatic heterocycles. The number of rotatable bonds is 3. The number of hydrogen-bond donors (Lipinski definition) is 2. The van der Waals surface area contributed by atoms with Crippen LogP contribution in [0.15, 0.2) is 78.9 Å². The Morgan fingerprint density at radius 3 is 2.41 bits per heavy atom. The summed E-state index contributed by atoms with van der Waals surface area (Å²) < 4.78 is 2.22. The molecule has 0 saturated carbocycles. The quantitative estimate of drug-likeness (QED) is 0.510. The molecule has 1 aliphatic rings. The number of nitrogens with zero attached hydrogens (tertiary/aromatic N) is 1. The van der Waals surface area contributed by atoms with Gasteiger partial charge in [0.25, 0.3) is 0 Å². The Balaban J connectivity index is 1.63. The largest absolute Gasteiger partial charge is 0.508 e. The highest BCUT2D eigenvalue weighted by Crippen LogP contribution is 2.39. The number of hydrogen-bond acceptors (Lipinski definition) is 2. The van der Waals surface area contributed by atoms with E-state index in [1.165, 1.54) is 16.8 Å². The Bertz CT molecular complexity index is 1080. The van der Waals surface area contributed by atoms with Gasteiger partial charge in [-0.1, -0.05) is 48.5 Å². The van der Waals surface area contributed by atoms with Gasteiger partial charge >= 0.3 is 0 Å². The molecule has 27 heavy (non-hydrogen) atoms. The van der Waals surface area contributed by atoms with Crippen LogP contribution >= 0.6 is 0 Å². The zero-order valence-electron chi connectivity index (χ0n) is 15.1. The first-order valence-electron chi connectivity index (χ1n) is 9.52. The molecule has 3 nitrogen and oxygen atoms in total. The molecule has 0 amide bonds. The van der Waals surface area contributed by atoms with Gasteiger partial charge in [0, 0.05) is 11.1 Å². The van der Waals surface area contributed by atoms with E-state index >= 15 is 0 Å². The summed E-state index contributed by atoms with van der Waals surface area (Å²) in [5, 5.41) is 11.2. The van der Waals surface area contributed by atoms with E-state index in [1.807, 2.05) is 30.3 Å². The normalized spacial score (nSPS) is 16.2. The highest BCUT2D eigenvalue weighted by molar-refractivity contribution is 5.88. The molecule has 5 rings (SSSR count). The predicted octanol–water partition coefficient (Wildman–Crippen LogP) is 5.49. The average Bonchev–Trinajstić information content (AvgIpc) is 3.02. The van der Waals surface area contributed by atoms with Crippen molar-refractivity contribution in [2.45, 2.75) is 25.2 Å².